The Morgan fingerprint density at radius 2 is 1.91 bits per heavy atom. The molecule has 0 atom stereocenters. The van der Waals surface area contributed by atoms with E-state index in [1.807, 2.05) is 29.2 Å². The molecule has 1 N–H and O–H groups in total. The number of aromatic nitrogens is 1. The first kappa shape index (κ1) is 24.0. The molecular weight excluding hydrogens is 553 g/mol. The van der Waals surface area contributed by atoms with Crippen LogP contribution < -0.4 is 4.90 Å². The summed E-state index contributed by atoms with van der Waals surface area (Å²) in [7, 11) is 0. The molecule has 0 unspecified atom stereocenters. The number of fused-ring (bicyclic) bond motifs is 2. The van der Waals surface area contributed by atoms with Crippen molar-refractivity contribution in [2.75, 3.05) is 36.4 Å². The molecule has 35 heavy (non-hydrogen) atoms. The fourth-order valence-corrected chi connectivity index (χ4v) is 6.21. The van der Waals surface area contributed by atoms with Gasteiger partial charge in [-0.1, -0.05) is 58.4 Å². The van der Waals surface area contributed by atoms with Crippen molar-refractivity contribution in [1.29, 1.82) is 0 Å². The first-order valence-corrected chi connectivity index (χ1v) is 13.4. The number of rotatable bonds is 5. The quantitative estimate of drug-likeness (QED) is 0.215. The van der Waals surface area contributed by atoms with Crippen LogP contribution in [0.25, 0.3) is 32.8 Å². The third kappa shape index (κ3) is 4.39. The topological polar surface area (TPSA) is 56.7 Å². The van der Waals surface area contributed by atoms with Crippen molar-refractivity contribution in [2.24, 2.45) is 0 Å². The Morgan fingerprint density at radius 3 is 2.66 bits per heavy atom. The van der Waals surface area contributed by atoms with E-state index in [4.69, 9.17) is 11.6 Å². The van der Waals surface area contributed by atoms with E-state index in [2.05, 4.69) is 31.8 Å². The van der Waals surface area contributed by atoms with E-state index in [-0.39, 0.29) is 27.8 Å². The Kier molecular flexibility index (Phi) is 6.70. The largest absolute Gasteiger partial charge is 0.508 e. The number of anilines is 1. The van der Waals surface area contributed by atoms with E-state index in [1.165, 1.54) is 17.6 Å². The zero-order chi connectivity index (χ0) is 24.7. The van der Waals surface area contributed by atoms with Crippen molar-refractivity contribution in [3.05, 3.63) is 65.5 Å². The molecule has 0 radical (unpaired) electrons. The van der Waals surface area contributed by atoms with Crippen LogP contribution in [0.5, 0.6) is 5.75 Å². The highest BCUT2D eigenvalue weighted by Crippen LogP contribution is 2.43. The van der Waals surface area contributed by atoms with Gasteiger partial charge in [0.2, 0.25) is 5.91 Å². The highest BCUT2D eigenvalue weighted by molar-refractivity contribution is 9.09. The van der Waals surface area contributed by atoms with Gasteiger partial charge < -0.3 is 14.9 Å². The Bertz CT molecular complexity index is 1470. The summed E-state index contributed by atoms with van der Waals surface area (Å²) in [6, 6.07) is 12.4. The third-order valence-corrected chi connectivity index (χ3v) is 7.93. The summed E-state index contributed by atoms with van der Waals surface area (Å²) in [4.78, 5) is 16.5. The maximum Gasteiger partial charge on any atom is 0.249 e. The summed E-state index contributed by atoms with van der Waals surface area (Å²) in [6.45, 7) is 6.24. The van der Waals surface area contributed by atoms with Crippen LogP contribution in [0.15, 0.2) is 54.6 Å². The van der Waals surface area contributed by atoms with Gasteiger partial charge in [0.15, 0.2) is 5.82 Å². The first-order chi connectivity index (χ1) is 16.9. The molecule has 1 aliphatic heterocycles. The van der Waals surface area contributed by atoms with Crippen molar-refractivity contribution >= 4 is 71.6 Å². The number of hydrogen-bond donors (Lipinski definition) is 1. The highest BCUT2D eigenvalue weighted by atomic mass is 79.9. The summed E-state index contributed by atoms with van der Waals surface area (Å²) in [6.07, 6.45) is 0.618. The van der Waals surface area contributed by atoms with E-state index in [0.29, 0.717) is 54.5 Å². The van der Waals surface area contributed by atoms with Crippen LogP contribution in [-0.2, 0) is 4.79 Å². The van der Waals surface area contributed by atoms with Crippen molar-refractivity contribution < 1.29 is 14.3 Å². The van der Waals surface area contributed by atoms with Gasteiger partial charge >= 0.3 is 0 Å². The maximum atomic E-state index is 15.9. The Balaban J connectivity index is 1.48. The van der Waals surface area contributed by atoms with Gasteiger partial charge in [-0.3, -0.25) is 4.79 Å². The lowest BCUT2D eigenvalue weighted by molar-refractivity contribution is -0.127. The van der Waals surface area contributed by atoms with Gasteiger partial charge in [0, 0.05) is 48.0 Å². The predicted octanol–water partition coefficient (Wildman–Crippen LogP) is 6.60. The van der Waals surface area contributed by atoms with Crippen LogP contribution in [0, 0.1) is 5.82 Å². The van der Waals surface area contributed by atoms with E-state index in [1.54, 1.807) is 12.1 Å². The van der Waals surface area contributed by atoms with Crippen LogP contribution >= 0.6 is 39.1 Å². The van der Waals surface area contributed by atoms with Gasteiger partial charge in [0.25, 0.3) is 0 Å². The highest BCUT2D eigenvalue weighted by Gasteiger charge is 2.27. The summed E-state index contributed by atoms with van der Waals surface area (Å²) >= 11 is 11.2. The van der Waals surface area contributed by atoms with Crippen molar-refractivity contribution in [3.63, 3.8) is 0 Å². The summed E-state index contributed by atoms with van der Waals surface area (Å²) in [5.74, 6) is -0.486. The van der Waals surface area contributed by atoms with Crippen molar-refractivity contribution in [1.82, 2.24) is 9.27 Å². The molecule has 0 saturated carbocycles. The van der Waals surface area contributed by atoms with Gasteiger partial charge in [0.1, 0.15) is 16.3 Å². The van der Waals surface area contributed by atoms with Gasteiger partial charge in [-0.2, -0.15) is 4.37 Å². The molecule has 0 bridgehead atoms. The summed E-state index contributed by atoms with van der Waals surface area (Å²) < 4.78 is 20.3. The second-order valence-electron chi connectivity index (χ2n) is 8.47. The molecule has 3 aromatic carbocycles. The van der Waals surface area contributed by atoms with Crippen LogP contribution in [0.3, 0.4) is 0 Å². The monoisotopic (exact) mass is 573 g/mol. The number of carbonyl (C=O) groups excluding carboxylic acids is 1. The van der Waals surface area contributed by atoms with Crippen LogP contribution in [0.2, 0.25) is 5.02 Å². The average Bonchev–Trinajstić information content (AvgIpc) is 3.27. The molecule has 1 fully saturated rings. The number of alkyl halides is 1. The molecule has 5 nitrogen and oxygen atoms in total. The van der Waals surface area contributed by atoms with Gasteiger partial charge in [-0.25, -0.2) is 4.39 Å². The minimum Gasteiger partial charge on any atom is -0.508 e. The average molecular weight is 575 g/mol. The Labute approximate surface area is 219 Å². The lowest BCUT2D eigenvalue weighted by atomic mass is 9.96. The van der Waals surface area contributed by atoms with E-state index >= 15 is 4.39 Å². The normalized spacial score (nSPS) is 14.1. The second kappa shape index (κ2) is 9.76. The van der Waals surface area contributed by atoms with Gasteiger partial charge in [0.05, 0.1) is 5.02 Å². The number of nitrogens with zero attached hydrogens (tertiary/aromatic N) is 3. The van der Waals surface area contributed by atoms with Crippen LogP contribution in [0.1, 0.15) is 6.42 Å². The number of phenols is 1. The molecule has 5 rings (SSSR count). The lowest BCUT2D eigenvalue weighted by Gasteiger charge is -2.35. The Morgan fingerprint density at radius 1 is 1.17 bits per heavy atom. The van der Waals surface area contributed by atoms with E-state index < -0.39 is 5.82 Å². The number of phenolic OH excluding ortho intramolecular Hbond substituents is 1. The number of aromatic hydroxyl groups is 1. The van der Waals surface area contributed by atoms with Crippen LogP contribution in [0.4, 0.5) is 9.39 Å². The molecule has 1 saturated heterocycles. The number of carbonyl (C=O) groups is 1. The SMILES string of the molecule is C=C(CCBr)C(=O)N1CCN(c2snc3c(F)c(-c4cc(O)cc5ccccc45)c(Cl)cc23)CC1. The smallest absolute Gasteiger partial charge is 0.249 e. The molecule has 1 amide bonds. The molecule has 180 valence electrons. The Hall–Kier alpha value is -2.68. The third-order valence-electron chi connectivity index (χ3n) is 6.31. The van der Waals surface area contributed by atoms with Gasteiger partial charge in [-0.15, -0.1) is 0 Å². The van der Waals surface area contributed by atoms with E-state index in [9.17, 15) is 9.90 Å². The van der Waals surface area contributed by atoms with E-state index in [0.717, 1.165) is 15.8 Å². The van der Waals surface area contributed by atoms with Crippen molar-refractivity contribution in [3.8, 4) is 16.9 Å². The molecule has 2 heterocycles. The number of halogens is 3. The molecular formula is C26H22BrClFN3O2S. The molecule has 1 aromatic heterocycles. The second-order valence-corrected chi connectivity index (χ2v) is 10.4. The molecule has 9 heteroatoms. The number of amides is 1. The minimum absolute atomic E-state index is 0.0182. The predicted molar refractivity (Wildman–Crippen MR) is 146 cm³/mol. The number of benzene rings is 3. The molecule has 0 aliphatic carbocycles. The summed E-state index contributed by atoms with van der Waals surface area (Å²) in [5.41, 5.74) is 1.60. The minimum atomic E-state index is -0.509. The lowest BCUT2D eigenvalue weighted by Crippen LogP contribution is -2.49. The molecule has 4 aromatic rings. The number of piperazine rings is 1. The fourth-order valence-electron chi connectivity index (χ4n) is 4.53. The molecule has 0 spiro atoms. The zero-order valence-electron chi connectivity index (χ0n) is 18.7. The fraction of sp³-hybridized carbons (Fsp3) is 0.231. The zero-order valence-corrected chi connectivity index (χ0v) is 21.9. The van der Waals surface area contributed by atoms with Crippen molar-refractivity contribution in [2.45, 2.75) is 6.42 Å². The summed E-state index contributed by atoms with van der Waals surface area (Å²) in [5, 5.41) is 14.3. The first-order valence-electron chi connectivity index (χ1n) is 11.2. The van der Waals surface area contributed by atoms with Gasteiger partial charge in [-0.05, 0) is 52.5 Å². The maximum absolute atomic E-state index is 15.9. The standard InChI is InChI=1S/C26H22BrClFN3O2S/c1-15(6-7-27)25(34)31-8-10-32(11-9-31)26-20-14-21(28)22(23(29)24(20)30-35-26)19-13-17(33)12-16-4-2-3-5-18(16)19/h2-5,12-14,33H,1,6-11H2. The molecule has 1 aliphatic rings. The van der Waals surface area contributed by atoms with Crippen LogP contribution in [-0.4, -0.2) is 51.8 Å². The number of hydrogen-bond acceptors (Lipinski definition) is 5.